The van der Waals surface area contributed by atoms with Gasteiger partial charge in [0.05, 0.1) is 6.10 Å². The Morgan fingerprint density at radius 3 is 1.38 bits per heavy atom. The maximum absolute atomic E-state index is 14.0. The fraction of sp³-hybridized carbons (Fsp3) is 1.00. The van der Waals surface area contributed by atoms with Gasteiger partial charge < -0.3 is 4.52 Å². The first-order chi connectivity index (χ1) is 10.3. The van der Waals surface area contributed by atoms with Crippen molar-refractivity contribution in [3.63, 3.8) is 0 Å². The average Bonchev–Trinajstić information content (AvgIpc) is 2.57. The second-order valence-electron chi connectivity index (χ2n) is 7.59. The van der Waals surface area contributed by atoms with Crippen molar-refractivity contribution in [2.75, 3.05) is 0 Å². The number of rotatable bonds is 4. The second-order valence-corrected chi connectivity index (χ2v) is 10.6. The van der Waals surface area contributed by atoms with E-state index in [1.165, 1.54) is 83.5 Å². The van der Waals surface area contributed by atoms with Crippen LogP contribution in [0.1, 0.15) is 96.3 Å². The van der Waals surface area contributed by atoms with Gasteiger partial charge in [-0.1, -0.05) is 57.8 Å². The van der Waals surface area contributed by atoms with Crippen LogP contribution in [-0.2, 0) is 9.09 Å². The molecule has 122 valence electrons. The first-order valence-electron chi connectivity index (χ1n) is 9.57. The lowest BCUT2D eigenvalue weighted by Crippen LogP contribution is -2.28. The van der Waals surface area contributed by atoms with Crippen molar-refractivity contribution in [1.82, 2.24) is 0 Å². The molecular weight excluding hydrogens is 279 g/mol. The summed E-state index contributed by atoms with van der Waals surface area (Å²) in [5.41, 5.74) is 0.799. The molecule has 0 heterocycles. The van der Waals surface area contributed by atoms with E-state index in [0.717, 1.165) is 12.8 Å². The van der Waals surface area contributed by atoms with Crippen LogP contribution in [0.2, 0.25) is 0 Å². The Balaban J connectivity index is 1.73. The van der Waals surface area contributed by atoms with E-state index >= 15 is 0 Å². The summed E-state index contributed by atoms with van der Waals surface area (Å²) in [4.78, 5) is 0. The lowest BCUT2D eigenvalue weighted by molar-refractivity contribution is 0.148. The van der Waals surface area contributed by atoms with E-state index < -0.39 is 7.37 Å². The largest absolute Gasteiger partial charge is 0.325 e. The maximum atomic E-state index is 14.0. The summed E-state index contributed by atoms with van der Waals surface area (Å²) in [5.74, 6) is 0. The summed E-state index contributed by atoms with van der Waals surface area (Å²) in [5, 5.41) is 0. The van der Waals surface area contributed by atoms with Crippen molar-refractivity contribution in [1.29, 1.82) is 0 Å². The topological polar surface area (TPSA) is 26.3 Å². The van der Waals surface area contributed by atoms with Gasteiger partial charge in [0.1, 0.15) is 0 Å². The summed E-state index contributed by atoms with van der Waals surface area (Å²) in [6.45, 7) is 0. The van der Waals surface area contributed by atoms with Gasteiger partial charge in [0, 0.05) is 11.3 Å². The molecule has 0 spiro atoms. The molecular formula is C18H33O2P. The fourth-order valence-corrected chi connectivity index (χ4v) is 8.54. The van der Waals surface area contributed by atoms with Gasteiger partial charge >= 0.3 is 0 Å². The lowest BCUT2D eigenvalue weighted by Gasteiger charge is -2.40. The molecule has 0 unspecified atom stereocenters. The van der Waals surface area contributed by atoms with Crippen molar-refractivity contribution in [3.8, 4) is 0 Å². The lowest BCUT2D eigenvalue weighted by atomic mass is 9.98. The Hall–Kier alpha value is 0.190. The molecule has 0 bridgehead atoms. The third kappa shape index (κ3) is 3.94. The van der Waals surface area contributed by atoms with Crippen LogP contribution in [0.3, 0.4) is 0 Å². The van der Waals surface area contributed by atoms with Crippen molar-refractivity contribution < 1.29 is 9.09 Å². The van der Waals surface area contributed by atoms with E-state index in [1.54, 1.807) is 0 Å². The van der Waals surface area contributed by atoms with Crippen molar-refractivity contribution in [3.05, 3.63) is 0 Å². The van der Waals surface area contributed by atoms with E-state index in [4.69, 9.17) is 4.52 Å². The summed E-state index contributed by atoms with van der Waals surface area (Å²) in [7, 11) is -2.44. The second kappa shape index (κ2) is 7.64. The highest BCUT2D eigenvalue weighted by Crippen LogP contribution is 2.64. The molecule has 3 saturated carbocycles. The monoisotopic (exact) mass is 312 g/mol. The maximum Gasteiger partial charge on any atom is 0.209 e. The predicted octanol–water partition coefficient (Wildman–Crippen LogP) is 6.28. The highest BCUT2D eigenvalue weighted by Gasteiger charge is 2.43. The van der Waals surface area contributed by atoms with Crippen LogP contribution in [0, 0.1) is 0 Å². The third-order valence-corrected chi connectivity index (χ3v) is 9.73. The van der Waals surface area contributed by atoms with Crippen molar-refractivity contribution in [2.45, 2.75) is 114 Å². The molecule has 0 amide bonds. The van der Waals surface area contributed by atoms with E-state index in [0.29, 0.717) is 17.4 Å². The molecule has 0 aromatic rings. The molecule has 0 aliphatic heterocycles. The Labute approximate surface area is 130 Å². The highest BCUT2D eigenvalue weighted by atomic mass is 31.2. The van der Waals surface area contributed by atoms with Gasteiger partial charge in [-0.05, 0) is 38.5 Å². The molecule has 0 saturated heterocycles. The Morgan fingerprint density at radius 1 is 0.571 bits per heavy atom. The van der Waals surface area contributed by atoms with E-state index in [2.05, 4.69) is 0 Å². The van der Waals surface area contributed by atoms with Gasteiger partial charge in [-0.25, -0.2) is 0 Å². The van der Waals surface area contributed by atoms with E-state index in [9.17, 15) is 4.57 Å². The van der Waals surface area contributed by atoms with Crippen LogP contribution in [-0.4, -0.2) is 17.4 Å². The molecule has 3 heteroatoms. The molecule has 0 radical (unpaired) electrons. The molecule has 0 aromatic heterocycles. The quantitative estimate of drug-likeness (QED) is 0.571. The molecule has 3 rings (SSSR count). The minimum atomic E-state index is -2.44. The summed E-state index contributed by atoms with van der Waals surface area (Å²) < 4.78 is 20.5. The van der Waals surface area contributed by atoms with Gasteiger partial charge in [0.2, 0.25) is 7.37 Å². The summed E-state index contributed by atoms with van der Waals surface area (Å²) in [6, 6.07) is 0. The predicted molar refractivity (Wildman–Crippen MR) is 89.3 cm³/mol. The molecule has 3 fully saturated rings. The zero-order valence-corrected chi connectivity index (χ0v) is 14.5. The zero-order valence-electron chi connectivity index (χ0n) is 13.6. The van der Waals surface area contributed by atoms with Crippen LogP contribution in [0.4, 0.5) is 0 Å². The molecule has 21 heavy (non-hydrogen) atoms. The van der Waals surface area contributed by atoms with Gasteiger partial charge in [-0.3, -0.25) is 4.57 Å². The standard InChI is InChI=1S/C18H33O2P/c19-21(17-12-6-2-7-13-17,18-14-8-3-9-15-18)20-16-10-4-1-5-11-16/h16-18H,1-15H2. The Kier molecular flexibility index (Phi) is 5.85. The fourth-order valence-electron chi connectivity index (χ4n) is 4.76. The SMILES string of the molecule is O=P(OC1CCCCC1)(C1CCCCC1)C1CCCCC1. The van der Waals surface area contributed by atoms with E-state index in [1.807, 2.05) is 0 Å². The third-order valence-electron chi connectivity index (χ3n) is 6.03. The van der Waals surface area contributed by atoms with Crippen LogP contribution >= 0.6 is 7.37 Å². The smallest absolute Gasteiger partial charge is 0.209 e. The van der Waals surface area contributed by atoms with Crippen molar-refractivity contribution in [2.24, 2.45) is 0 Å². The number of hydrogen-bond donors (Lipinski definition) is 0. The summed E-state index contributed by atoms with van der Waals surface area (Å²) >= 11 is 0. The highest BCUT2D eigenvalue weighted by molar-refractivity contribution is 7.60. The van der Waals surface area contributed by atoms with Crippen LogP contribution < -0.4 is 0 Å². The van der Waals surface area contributed by atoms with E-state index in [-0.39, 0.29) is 0 Å². The molecule has 0 atom stereocenters. The van der Waals surface area contributed by atoms with Crippen LogP contribution in [0.15, 0.2) is 0 Å². The van der Waals surface area contributed by atoms with Crippen LogP contribution in [0.25, 0.3) is 0 Å². The molecule has 0 aromatic carbocycles. The first kappa shape index (κ1) is 16.1. The normalized spacial score (nSPS) is 27.8. The average molecular weight is 312 g/mol. The summed E-state index contributed by atoms with van der Waals surface area (Å²) in [6.07, 6.45) is 19.0. The molecule has 3 aliphatic rings. The zero-order chi connectivity index (χ0) is 14.5. The molecule has 0 N–H and O–H groups in total. The van der Waals surface area contributed by atoms with Gasteiger partial charge in [0.25, 0.3) is 0 Å². The minimum absolute atomic E-state index is 0.313. The first-order valence-corrected chi connectivity index (χ1v) is 11.3. The molecule has 3 aliphatic carbocycles. The van der Waals surface area contributed by atoms with Gasteiger partial charge in [-0.2, -0.15) is 0 Å². The van der Waals surface area contributed by atoms with Gasteiger partial charge in [-0.15, -0.1) is 0 Å². The number of hydrogen-bond acceptors (Lipinski definition) is 2. The minimum Gasteiger partial charge on any atom is -0.325 e. The van der Waals surface area contributed by atoms with Crippen LogP contribution in [0.5, 0.6) is 0 Å². The molecule has 2 nitrogen and oxygen atoms in total. The van der Waals surface area contributed by atoms with Crippen molar-refractivity contribution >= 4 is 7.37 Å². The Morgan fingerprint density at radius 2 is 0.952 bits per heavy atom. The Bertz CT molecular complexity index is 328. The van der Waals surface area contributed by atoms with Gasteiger partial charge in [0.15, 0.2) is 0 Å².